The Kier molecular flexibility index (Phi) is 6.77. The molecule has 33 heavy (non-hydrogen) atoms. The molecular formula is C26H30N4O3. The van der Waals surface area contributed by atoms with Crippen LogP contribution in [0.4, 0.5) is 4.79 Å². The number of hydrogen-bond acceptors (Lipinski definition) is 4. The number of amides is 2. The third-order valence-electron chi connectivity index (χ3n) is 6.14. The van der Waals surface area contributed by atoms with Gasteiger partial charge >= 0.3 is 6.09 Å². The van der Waals surface area contributed by atoms with E-state index in [2.05, 4.69) is 51.7 Å². The molecule has 7 heteroatoms. The van der Waals surface area contributed by atoms with E-state index in [0.29, 0.717) is 6.54 Å². The topological polar surface area (TPSA) is 87.3 Å². The van der Waals surface area contributed by atoms with E-state index >= 15 is 0 Å². The Morgan fingerprint density at radius 2 is 1.73 bits per heavy atom. The lowest BCUT2D eigenvalue weighted by Crippen LogP contribution is -2.51. The number of rotatable bonds is 6. The molecule has 2 N–H and O–H groups in total. The molecule has 2 amide bonds. The van der Waals surface area contributed by atoms with Crippen molar-refractivity contribution in [3.63, 3.8) is 0 Å². The average Bonchev–Trinajstić information content (AvgIpc) is 3.52. The molecule has 1 aliphatic rings. The van der Waals surface area contributed by atoms with E-state index in [1.165, 1.54) is 12.7 Å². The second-order valence-corrected chi connectivity index (χ2v) is 8.67. The van der Waals surface area contributed by atoms with Crippen LogP contribution < -0.4 is 5.32 Å². The first-order valence-electron chi connectivity index (χ1n) is 11.3. The van der Waals surface area contributed by atoms with Gasteiger partial charge in [-0.15, -0.1) is 0 Å². The third kappa shape index (κ3) is 4.92. The molecule has 0 spiro atoms. The number of carbonyl (C=O) groups is 2. The zero-order valence-electron chi connectivity index (χ0n) is 19.2. The van der Waals surface area contributed by atoms with Crippen molar-refractivity contribution in [3.05, 3.63) is 66.6 Å². The van der Waals surface area contributed by atoms with Gasteiger partial charge in [-0.2, -0.15) is 0 Å². The van der Waals surface area contributed by atoms with Gasteiger partial charge in [0, 0.05) is 6.54 Å². The highest BCUT2D eigenvalue weighted by atomic mass is 16.5. The minimum Gasteiger partial charge on any atom is -0.453 e. The minimum absolute atomic E-state index is 0.0619. The molecule has 2 aromatic carbocycles. The van der Waals surface area contributed by atoms with E-state index in [1.807, 2.05) is 43.1 Å². The van der Waals surface area contributed by atoms with E-state index in [4.69, 9.17) is 4.74 Å². The second kappa shape index (κ2) is 9.90. The van der Waals surface area contributed by atoms with Gasteiger partial charge < -0.3 is 19.9 Å². The number of likely N-dealkylation sites (tertiary alicyclic amines) is 1. The molecule has 0 radical (unpaired) electrons. The number of aromatic nitrogens is 2. The fourth-order valence-electron chi connectivity index (χ4n) is 4.32. The predicted octanol–water partition coefficient (Wildman–Crippen LogP) is 4.79. The van der Waals surface area contributed by atoms with Crippen LogP contribution in [0.15, 0.2) is 60.8 Å². The Balaban J connectivity index is 1.51. The van der Waals surface area contributed by atoms with Gasteiger partial charge in [0.25, 0.3) is 0 Å². The summed E-state index contributed by atoms with van der Waals surface area (Å²) in [7, 11) is 1.30. The van der Waals surface area contributed by atoms with Crippen LogP contribution >= 0.6 is 0 Å². The van der Waals surface area contributed by atoms with Crippen LogP contribution in [-0.2, 0) is 9.53 Å². The van der Waals surface area contributed by atoms with Crippen molar-refractivity contribution in [2.24, 2.45) is 5.92 Å². The maximum Gasteiger partial charge on any atom is 0.407 e. The number of ether oxygens (including phenoxy) is 1. The number of aromatic amines is 1. The lowest BCUT2D eigenvalue weighted by molar-refractivity contribution is -0.135. The molecule has 2 heterocycles. The Morgan fingerprint density at radius 1 is 1.06 bits per heavy atom. The Labute approximate surface area is 194 Å². The molecule has 7 nitrogen and oxygen atoms in total. The SMILES string of the molecule is COC(=O)N[C@H](C(=O)N1CCCC1c1ncc(-c2ccc(-c3ccccc3)cc2)[nH]1)C(C)C. The molecule has 0 bridgehead atoms. The largest absolute Gasteiger partial charge is 0.453 e. The Hall–Kier alpha value is -3.61. The van der Waals surface area contributed by atoms with Gasteiger partial charge in [-0.3, -0.25) is 4.79 Å². The number of nitrogens with one attached hydrogen (secondary N) is 2. The van der Waals surface area contributed by atoms with Gasteiger partial charge in [-0.05, 0) is 35.4 Å². The molecule has 172 valence electrons. The van der Waals surface area contributed by atoms with Crippen molar-refractivity contribution in [1.82, 2.24) is 20.2 Å². The molecule has 3 aromatic rings. The van der Waals surface area contributed by atoms with Crippen molar-refractivity contribution in [1.29, 1.82) is 0 Å². The number of nitrogens with zero attached hydrogens (tertiary/aromatic N) is 2. The molecule has 0 aliphatic carbocycles. The number of imidazole rings is 1. The van der Waals surface area contributed by atoms with Crippen LogP contribution in [-0.4, -0.2) is 46.6 Å². The summed E-state index contributed by atoms with van der Waals surface area (Å²) in [6.07, 6.45) is 2.94. The first kappa shape index (κ1) is 22.6. The van der Waals surface area contributed by atoms with Gasteiger partial charge in [0.05, 0.1) is 25.0 Å². The average molecular weight is 447 g/mol. The number of H-pyrrole nitrogens is 1. The van der Waals surface area contributed by atoms with Crippen LogP contribution in [0.2, 0.25) is 0 Å². The summed E-state index contributed by atoms with van der Waals surface area (Å²) in [6.45, 7) is 4.46. The molecule has 1 aromatic heterocycles. The fraction of sp³-hybridized carbons (Fsp3) is 0.346. The van der Waals surface area contributed by atoms with Gasteiger partial charge in [0.15, 0.2) is 0 Å². The van der Waals surface area contributed by atoms with E-state index in [0.717, 1.165) is 35.5 Å². The van der Waals surface area contributed by atoms with Crippen molar-refractivity contribution in [2.45, 2.75) is 38.8 Å². The zero-order chi connectivity index (χ0) is 23.4. The van der Waals surface area contributed by atoms with Crippen LogP contribution in [0.3, 0.4) is 0 Å². The highest BCUT2D eigenvalue weighted by Gasteiger charge is 2.37. The molecule has 0 saturated carbocycles. The molecule has 4 rings (SSSR count). The lowest BCUT2D eigenvalue weighted by atomic mass is 10.0. The lowest BCUT2D eigenvalue weighted by Gasteiger charge is -2.30. The van der Waals surface area contributed by atoms with E-state index in [-0.39, 0.29) is 17.9 Å². The summed E-state index contributed by atoms with van der Waals surface area (Å²) in [6, 6.07) is 17.8. The van der Waals surface area contributed by atoms with Gasteiger partial charge in [-0.1, -0.05) is 68.4 Å². The smallest absolute Gasteiger partial charge is 0.407 e. The highest BCUT2D eigenvalue weighted by molar-refractivity contribution is 5.86. The predicted molar refractivity (Wildman–Crippen MR) is 127 cm³/mol. The van der Waals surface area contributed by atoms with Crippen LogP contribution in [0.25, 0.3) is 22.4 Å². The van der Waals surface area contributed by atoms with Crippen LogP contribution in [0.5, 0.6) is 0 Å². The first-order valence-corrected chi connectivity index (χ1v) is 11.3. The minimum atomic E-state index is -0.641. The number of benzene rings is 2. The van der Waals surface area contributed by atoms with Crippen molar-refractivity contribution in [2.75, 3.05) is 13.7 Å². The first-order chi connectivity index (χ1) is 16.0. The van der Waals surface area contributed by atoms with Crippen molar-refractivity contribution >= 4 is 12.0 Å². The summed E-state index contributed by atoms with van der Waals surface area (Å²) >= 11 is 0. The summed E-state index contributed by atoms with van der Waals surface area (Å²) in [4.78, 5) is 34.9. The van der Waals surface area contributed by atoms with Gasteiger partial charge in [0.1, 0.15) is 11.9 Å². The second-order valence-electron chi connectivity index (χ2n) is 8.67. The number of carbonyl (C=O) groups excluding carboxylic acids is 2. The fourth-order valence-corrected chi connectivity index (χ4v) is 4.32. The standard InChI is InChI=1S/C26H30N4O3/c1-17(2)23(29-26(32)33-3)25(31)30-15-7-10-22(30)24-27-16-21(28-24)20-13-11-19(12-14-20)18-8-5-4-6-9-18/h4-6,8-9,11-14,16-17,22-23H,7,10,15H2,1-3H3,(H,27,28)(H,29,32)/t22?,23-/m0/s1. The van der Waals surface area contributed by atoms with Gasteiger partial charge in [-0.25, -0.2) is 9.78 Å². The molecule has 2 atom stereocenters. The molecule has 1 aliphatic heterocycles. The number of alkyl carbamates (subject to hydrolysis) is 1. The van der Waals surface area contributed by atoms with Crippen LogP contribution in [0, 0.1) is 5.92 Å². The van der Waals surface area contributed by atoms with E-state index < -0.39 is 12.1 Å². The normalized spacial score (nSPS) is 16.6. The molecule has 1 fully saturated rings. The van der Waals surface area contributed by atoms with E-state index in [9.17, 15) is 9.59 Å². The third-order valence-corrected chi connectivity index (χ3v) is 6.14. The van der Waals surface area contributed by atoms with E-state index in [1.54, 1.807) is 0 Å². The summed E-state index contributed by atoms with van der Waals surface area (Å²) in [5.41, 5.74) is 4.29. The highest BCUT2D eigenvalue weighted by Crippen LogP contribution is 2.33. The Bertz CT molecular complexity index is 1090. The maximum absolute atomic E-state index is 13.3. The monoisotopic (exact) mass is 446 g/mol. The Morgan fingerprint density at radius 3 is 2.39 bits per heavy atom. The van der Waals surface area contributed by atoms with Gasteiger partial charge in [0.2, 0.25) is 5.91 Å². The zero-order valence-corrected chi connectivity index (χ0v) is 19.2. The van der Waals surface area contributed by atoms with Crippen LogP contribution in [0.1, 0.15) is 38.6 Å². The summed E-state index contributed by atoms with van der Waals surface area (Å²) < 4.78 is 4.70. The molecule has 1 unspecified atom stereocenters. The van der Waals surface area contributed by atoms with Crippen molar-refractivity contribution < 1.29 is 14.3 Å². The quantitative estimate of drug-likeness (QED) is 0.570. The maximum atomic E-state index is 13.3. The number of methoxy groups -OCH3 is 1. The summed E-state index contributed by atoms with van der Waals surface area (Å²) in [5, 5.41) is 2.68. The molecule has 1 saturated heterocycles. The summed E-state index contributed by atoms with van der Waals surface area (Å²) in [5.74, 6) is 0.597. The number of hydrogen-bond donors (Lipinski definition) is 2. The molecular weight excluding hydrogens is 416 g/mol. The van der Waals surface area contributed by atoms with Crippen molar-refractivity contribution in [3.8, 4) is 22.4 Å².